The summed E-state index contributed by atoms with van der Waals surface area (Å²) in [5, 5.41) is 17.8. The van der Waals surface area contributed by atoms with E-state index in [-0.39, 0.29) is 23.9 Å². The number of rotatable bonds is 4. The van der Waals surface area contributed by atoms with Gasteiger partial charge in [-0.15, -0.1) is 0 Å². The molecule has 2 aromatic rings. The van der Waals surface area contributed by atoms with Crippen LogP contribution in [-0.2, 0) is 13.6 Å². The summed E-state index contributed by atoms with van der Waals surface area (Å²) < 4.78 is 15.3. The lowest BCUT2D eigenvalue weighted by molar-refractivity contribution is 0.0941. The van der Waals surface area contributed by atoms with Gasteiger partial charge in [0.15, 0.2) is 5.84 Å². The number of carbonyl (C=O) groups excluding carboxylic acids is 1. The maximum absolute atomic E-state index is 13.9. The van der Waals surface area contributed by atoms with Crippen molar-refractivity contribution in [3.8, 4) is 0 Å². The highest BCUT2D eigenvalue weighted by atomic mass is 19.1. The molecule has 0 fully saturated rings. The molecule has 0 aliphatic heterocycles. The van der Waals surface area contributed by atoms with E-state index < -0.39 is 5.82 Å². The number of nitrogens with zero attached hydrogens (tertiary/aromatic N) is 3. The summed E-state index contributed by atoms with van der Waals surface area (Å²) in [5.41, 5.74) is 6.30. The lowest BCUT2D eigenvalue weighted by Gasteiger charge is -2.08. The number of oxime groups is 1. The molecule has 1 aromatic heterocycles. The summed E-state index contributed by atoms with van der Waals surface area (Å²) in [5.74, 6) is -1.08. The topological polar surface area (TPSA) is 106 Å². The second-order valence-corrected chi connectivity index (χ2v) is 4.31. The van der Waals surface area contributed by atoms with Crippen LogP contribution < -0.4 is 11.1 Å². The van der Waals surface area contributed by atoms with E-state index in [2.05, 4.69) is 15.6 Å². The van der Waals surface area contributed by atoms with Crippen LogP contribution in [0.2, 0.25) is 0 Å². The number of hydrogen-bond donors (Lipinski definition) is 3. The van der Waals surface area contributed by atoms with Crippen LogP contribution in [0.5, 0.6) is 0 Å². The molecule has 0 spiro atoms. The van der Waals surface area contributed by atoms with Crippen molar-refractivity contribution < 1.29 is 14.4 Å². The Morgan fingerprint density at radius 3 is 2.86 bits per heavy atom. The standard InChI is InChI=1S/C13H14FN5O2/c1-19-11(4-5-17-19)13(20)16-7-9-3-2-8(6-10(9)14)12(15)18-21/h2-6,21H,7H2,1H3,(H2,15,18)(H,16,20). The molecule has 0 atom stereocenters. The molecule has 8 heteroatoms. The minimum atomic E-state index is -0.551. The normalized spacial score (nSPS) is 11.4. The van der Waals surface area contributed by atoms with Crippen molar-refractivity contribution in [2.45, 2.75) is 6.54 Å². The summed E-state index contributed by atoms with van der Waals surface area (Å²) in [6.07, 6.45) is 1.50. The predicted octanol–water partition coefficient (Wildman–Crippen LogP) is 0.584. The van der Waals surface area contributed by atoms with E-state index in [0.717, 1.165) is 6.07 Å². The Balaban J connectivity index is 2.07. The Morgan fingerprint density at radius 2 is 2.29 bits per heavy atom. The third kappa shape index (κ3) is 3.16. The van der Waals surface area contributed by atoms with E-state index >= 15 is 0 Å². The van der Waals surface area contributed by atoms with Crippen molar-refractivity contribution in [2.75, 3.05) is 0 Å². The molecule has 0 unspecified atom stereocenters. The number of carbonyl (C=O) groups is 1. The number of amides is 1. The summed E-state index contributed by atoms with van der Waals surface area (Å²) in [7, 11) is 1.64. The van der Waals surface area contributed by atoms with Crippen LogP contribution in [0.25, 0.3) is 0 Å². The number of nitrogens with two attached hydrogens (primary N) is 1. The quantitative estimate of drug-likeness (QED) is 0.331. The molecule has 1 aromatic carbocycles. The minimum absolute atomic E-state index is 0.0201. The van der Waals surface area contributed by atoms with E-state index in [9.17, 15) is 9.18 Å². The highest BCUT2D eigenvalue weighted by Gasteiger charge is 2.11. The molecule has 0 bridgehead atoms. The first kappa shape index (κ1) is 14.5. The second kappa shape index (κ2) is 6.04. The Hall–Kier alpha value is -2.90. The van der Waals surface area contributed by atoms with Crippen LogP contribution in [0.4, 0.5) is 4.39 Å². The fourth-order valence-corrected chi connectivity index (χ4v) is 1.77. The number of amidine groups is 1. The zero-order valence-electron chi connectivity index (χ0n) is 11.2. The maximum atomic E-state index is 13.9. The predicted molar refractivity (Wildman–Crippen MR) is 73.3 cm³/mol. The van der Waals surface area contributed by atoms with E-state index in [4.69, 9.17) is 10.9 Å². The van der Waals surface area contributed by atoms with Crippen molar-refractivity contribution in [2.24, 2.45) is 17.9 Å². The van der Waals surface area contributed by atoms with E-state index in [1.54, 1.807) is 13.1 Å². The van der Waals surface area contributed by atoms with Gasteiger partial charge < -0.3 is 16.3 Å². The van der Waals surface area contributed by atoms with Crippen LogP contribution in [0.15, 0.2) is 35.6 Å². The van der Waals surface area contributed by atoms with Gasteiger partial charge in [0.2, 0.25) is 0 Å². The average molecular weight is 291 g/mol. The average Bonchev–Trinajstić information content (AvgIpc) is 2.91. The molecule has 4 N–H and O–H groups in total. The van der Waals surface area contributed by atoms with E-state index in [1.807, 2.05) is 0 Å². The molecule has 0 aliphatic carbocycles. The molecule has 7 nitrogen and oxygen atoms in total. The summed E-state index contributed by atoms with van der Waals surface area (Å²) >= 11 is 0. The van der Waals surface area contributed by atoms with Gasteiger partial charge in [0.25, 0.3) is 5.91 Å². The lowest BCUT2D eigenvalue weighted by Crippen LogP contribution is -2.25. The number of aromatic nitrogens is 2. The number of aryl methyl sites for hydroxylation is 1. The number of benzene rings is 1. The van der Waals surface area contributed by atoms with Crippen molar-refractivity contribution in [1.29, 1.82) is 0 Å². The summed E-state index contributed by atoms with van der Waals surface area (Å²) in [6, 6.07) is 5.67. The minimum Gasteiger partial charge on any atom is -0.409 e. The molecular formula is C13H14FN5O2. The van der Waals surface area contributed by atoms with E-state index in [1.165, 1.54) is 23.0 Å². The first-order valence-electron chi connectivity index (χ1n) is 6.05. The van der Waals surface area contributed by atoms with Crippen molar-refractivity contribution >= 4 is 11.7 Å². The molecular weight excluding hydrogens is 277 g/mol. The highest BCUT2D eigenvalue weighted by Crippen LogP contribution is 2.10. The van der Waals surface area contributed by atoms with Gasteiger partial charge in [-0.2, -0.15) is 5.10 Å². The Bertz CT molecular complexity index is 696. The SMILES string of the molecule is Cn1nccc1C(=O)NCc1ccc(C(N)=NO)cc1F. The summed E-state index contributed by atoms with van der Waals surface area (Å²) in [6.45, 7) is 0.0201. The van der Waals surface area contributed by atoms with Crippen molar-refractivity contribution in [1.82, 2.24) is 15.1 Å². The zero-order chi connectivity index (χ0) is 15.4. The molecule has 1 heterocycles. The molecule has 110 valence electrons. The van der Waals surface area contributed by atoms with Gasteiger partial charge in [0.05, 0.1) is 0 Å². The fourth-order valence-electron chi connectivity index (χ4n) is 1.77. The number of nitrogens with one attached hydrogen (secondary N) is 1. The summed E-state index contributed by atoms with van der Waals surface area (Å²) in [4.78, 5) is 11.9. The number of hydrogen-bond acceptors (Lipinski definition) is 4. The van der Waals surface area contributed by atoms with Gasteiger partial charge in [-0.3, -0.25) is 9.48 Å². The van der Waals surface area contributed by atoms with Crippen molar-refractivity contribution in [3.05, 3.63) is 53.1 Å². The lowest BCUT2D eigenvalue weighted by atomic mass is 10.1. The number of halogens is 1. The molecule has 2 rings (SSSR count). The van der Waals surface area contributed by atoms with Crippen LogP contribution >= 0.6 is 0 Å². The molecule has 21 heavy (non-hydrogen) atoms. The fraction of sp³-hybridized carbons (Fsp3) is 0.154. The Kier molecular flexibility index (Phi) is 4.17. The third-order valence-corrected chi connectivity index (χ3v) is 2.95. The van der Waals surface area contributed by atoms with Gasteiger partial charge in [-0.05, 0) is 12.1 Å². The second-order valence-electron chi connectivity index (χ2n) is 4.31. The third-order valence-electron chi connectivity index (χ3n) is 2.95. The maximum Gasteiger partial charge on any atom is 0.269 e. The van der Waals surface area contributed by atoms with Gasteiger partial charge in [-0.25, -0.2) is 4.39 Å². The zero-order valence-corrected chi connectivity index (χ0v) is 11.2. The van der Waals surface area contributed by atoms with Gasteiger partial charge in [0, 0.05) is 30.9 Å². The smallest absolute Gasteiger partial charge is 0.269 e. The van der Waals surface area contributed by atoms with Crippen LogP contribution in [0.3, 0.4) is 0 Å². The van der Waals surface area contributed by atoms with Crippen LogP contribution in [-0.4, -0.2) is 26.7 Å². The largest absolute Gasteiger partial charge is 0.409 e. The highest BCUT2D eigenvalue weighted by molar-refractivity contribution is 5.97. The molecule has 0 aliphatic rings. The van der Waals surface area contributed by atoms with Crippen LogP contribution in [0, 0.1) is 5.82 Å². The van der Waals surface area contributed by atoms with Crippen molar-refractivity contribution in [3.63, 3.8) is 0 Å². The Morgan fingerprint density at radius 1 is 1.52 bits per heavy atom. The Labute approximate surface area is 119 Å². The van der Waals surface area contributed by atoms with Crippen LogP contribution in [0.1, 0.15) is 21.6 Å². The molecule has 0 radical (unpaired) electrons. The first-order chi connectivity index (χ1) is 10.0. The molecule has 1 amide bonds. The van der Waals surface area contributed by atoms with Gasteiger partial charge in [-0.1, -0.05) is 17.3 Å². The monoisotopic (exact) mass is 291 g/mol. The van der Waals surface area contributed by atoms with Gasteiger partial charge >= 0.3 is 0 Å². The van der Waals surface area contributed by atoms with E-state index in [0.29, 0.717) is 11.3 Å². The van der Waals surface area contributed by atoms with Gasteiger partial charge in [0.1, 0.15) is 11.5 Å². The molecule has 0 saturated heterocycles. The first-order valence-corrected chi connectivity index (χ1v) is 6.05. The molecule has 0 saturated carbocycles.